The summed E-state index contributed by atoms with van der Waals surface area (Å²) in [6.07, 6.45) is 1.66. The molecule has 1 aliphatic rings. The van der Waals surface area contributed by atoms with E-state index in [2.05, 4.69) is 59.1 Å². The molecule has 2 aromatic carbocycles. The molecule has 0 saturated carbocycles. The van der Waals surface area contributed by atoms with Crippen LogP contribution in [0.5, 0.6) is 11.5 Å². The third kappa shape index (κ3) is 3.53. The van der Waals surface area contributed by atoms with E-state index in [0.717, 1.165) is 36.2 Å². The third-order valence-electron chi connectivity index (χ3n) is 5.90. The van der Waals surface area contributed by atoms with Gasteiger partial charge in [-0.15, -0.1) is 0 Å². The number of nitrogens with zero attached hydrogens (tertiary/aromatic N) is 4. The predicted octanol–water partition coefficient (Wildman–Crippen LogP) is 3.93. The molecule has 6 nitrogen and oxygen atoms in total. The van der Waals surface area contributed by atoms with Crippen molar-refractivity contribution < 1.29 is 9.47 Å². The minimum absolute atomic E-state index is 0.270. The maximum Gasteiger partial charge on any atom is 0.161 e. The fourth-order valence-corrected chi connectivity index (χ4v) is 4.11. The van der Waals surface area contributed by atoms with Crippen LogP contribution in [0.25, 0.3) is 10.8 Å². The molecule has 1 aliphatic heterocycles. The van der Waals surface area contributed by atoms with E-state index in [1.54, 1.807) is 20.4 Å². The average molecular weight is 402 g/mol. The first kappa shape index (κ1) is 20.0. The Kier molecular flexibility index (Phi) is 5.47. The Bertz CT molecular complexity index is 1100. The van der Waals surface area contributed by atoms with Gasteiger partial charge >= 0.3 is 0 Å². The Morgan fingerprint density at radius 1 is 1.03 bits per heavy atom. The van der Waals surface area contributed by atoms with Crippen molar-refractivity contribution in [1.29, 1.82) is 5.26 Å². The number of nitriles is 1. The largest absolute Gasteiger partial charge is 0.493 e. The standard InChI is InChI=1S/C24H26N4O2/c1-16-5-7-17(8-6-16)21-15-28(10-9-27(21)2)24-20-12-23(30-4)22(29-3)11-19(20)18(13-25)14-26-24/h5-8,11-12,14,21H,9-10,15H2,1-4H3. The highest BCUT2D eigenvalue weighted by molar-refractivity contribution is 5.98. The average Bonchev–Trinajstić information content (AvgIpc) is 2.78. The Morgan fingerprint density at radius 2 is 1.70 bits per heavy atom. The molecule has 154 valence electrons. The van der Waals surface area contributed by atoms with Crippen LogP contribution in [-0.4, -0.2) is 50.8 Å². The van der Waals surface area contributed by atoms with Crippen LogP contribution in [0, 0.1) is 18.3 Å². The van der Waals surface area contributed by atoms with Gasteiger partial charge in [-0.05, 0) is 31.7 Å². The maximum atomic E-state index is 9.59. The minimum Gasteiger partial charge on any atom is -0.493 e. The van der Waals surface area contributed by atoms with Gasteiger partial charge < -0.3 is 14.4 Å². The van der Waals surface area contributed by atoms with Gasteiger partial charge in [0.1, 0.15) is 11.9 Å². The molecule has 0 radical (unpaired) electrons. The summed E-state index contributed by atoms with van der Waals surface area (Å²) >= 11 is 0. The molecule has 2 heterocycles. The number of hydrogen-bond acceptors (Lipinski definition) is 6. The Morgan fingerprint density at radius 3 is 2.33 bits per heavy atom. The first-order valence-corrected chi connectivity index (χ1v) is 10.0. The molecule has 1 aromatic heterocycles. The molecule has 0 N–H and O–H groups in total. The van der Waals surface area contributed by atoms with E-state index in [9.17, 15) is 5.26 Å². The van der Waals surface area contributed by atoms with Crippen molar-refractivity contribution in [3.05, 3.63) is 59.3 Å². The SMILES string of the molecule is COc1cc2c(C#N)cnc(N3CCN(C)C(c4ccc(C)cc4)C3)c2cc1OC. The molecule has 1 unspecified atom stereocenters. The maximum absolute atomic E-state index is 9.59. The number of pyridine rings is 1. The summed E-state index contributed by atoms with van der Waals surface area (Å²) in [7, 11) is 5.39. The summed E-state index contributed by atoms with van der Waals surface area (Å²) in [6, 6.07) is 15.0. The van der Waals surface area contributed by atoms with E-state index in [0.29, 0.717) is 17.1 Å². The highest BCUT2D eigenvalue weighted by atomic mass is 16.5. The molecule has 0 aliphatic carbocycles. The molecule has 30 heavy (non-hydrogen) atoms. The summed E-state index contributed by atoms with van der Waals surface area (Å²) in [5.74, 6) is 2.11. The smallest absolute Gasteiger partial charge is 0.161 e. The summed E-state index contributed by atoms with van der Waals surface area (Å²) in [5, 5.41) is 11.3. The van der Waals surface area contributed by atoms with E-state index >= 15 is 0 Å². The zero-order valence-corrected chi connectivity index (χ0v) is 17.8. The number of aryl methyl sites for hydroxylation is 1. The number of hydrogen-bond donors (Lipinski definition) is 0. The van der Waals surface area contributed by atoms with Crippen molar-refractivity contribution in [2.45, 2.75) is 13.0 Å². The minimum atomic E-state index is 0.270. The molecule has 1 fully saturated rings. The zero-order valence-electron chi connectivity index (χ0n) is 17.8. The molecule has 0 bridgehead atoms. The van der Waals surface area contributed by atoms with Crippen LogP contribution >= 0.6 is 0 Å². The van der Waals surface area contributed by atoms with E-state index in [1.807, 2.05) is 12.1 Å². The molecule has 3 aromatic rings. The number of ether oxygens (including phenoxy) is 2. The fraction of sp³-hybridized carbons (Fsp3) is 0.333. The summed E-state index contributed by atoms with van der Waals surface area (Å²) < 4.78 is 11.0. The van der Waals surface area contributed by atoms with Crippen LogP contribution in [0.4, 0.5) is 5.82 Å². The van der Waals surface area contributed by atoms with E-state index in [4.69, 9.17) is 9.47 Å². The molecule has 1 saturated heterocycles. The number of methoxy groups -OCH3 is 2. The van der Waals surface area contributed by atoms with Gasteiger partial charge in [0.25, 0.3) is 0 Å². The summed E-state index contributed by atoms with van der Waals surface area (Å²) in [4.78, 5) is 9.38. The molecular weight excluding hydrogens is 376 g/mol. The molecular formula is C24H26N4O2. The second-order valence-corrected chi connectivity index (χ2v) is 7.71. The van der Waals surface area contributed by atoms with Crippen molar-refractivity contribution in [2.24, 2.45) is 0 Å². The van der Waals surface area contributed by atoms with E-state index in [-0.39, 0.29) is 6.04 Å². The lowest BCUT2D eigenvalue weighted by atomic mass is 10.0. The van der Waals surface area contributed by atoms with Crippen molar-refractivity contribution in [3.63, 3.8) is 0 Å². The Balaban J connectivity index is 1.78. The topological polar surface area (TPSA) is 61.6 Å². The van der Waals surface area contributed by atoms with Crippen LogP contribution in [0.3, 0.4) is 0 Å². The third-order valence-corrected chi connectivity index (χ3v) is 5.90. The van der Waals surface area contributed by atoms with Gasteiger partial charge in [-0.1, -0.05) is 29.8 Å². The highest BCUT2D eigenvalue weighted by Crippen LogP contribution is 2.38. The summed E-state index contributed by atoms with van der Waals surface area (Å²) in [5.41, 5.74) is 3.08. The second kappa shape index (κ2) is 8.21. The van der Waals surface area contributed by atoms with Gasteiger partial charge in [-0.25, -0.2) is 4.98 Å². The lowest BCUT2D eigenvalue weighted by Gasteiger charge is -2.40. The fourth-order valence-electron chi connectivity index (χ4n) is 4.11. The summed E-state index contributed by atoms with van der Waals surface area (Å²) in [6.45, 7) is 4.72. The van der Waals surface area contributed by atoms with Crippen LogP contribution < -0.4 is 14.4 Å². The molecule has 0 spiro atoms. The van der Waals surface area contributed by atoms with Gasteiger partial charge in [0.15, 0.2) is 11.5 Å². The Hall–Kier alpha value is -3.30. The van der Waals surface area contributed by atoms with Crippen molar-refractivity contribution in [3.8, 4) is 17.6 Å². The molecule has 4 rings (SSSR count). The number of aromatic nitrogens is 1. The van der Waals surface area contributed by atoms with Gasteiger partial charge in [0.05, 0.1) is 25.8 Å². The monoisotopic (exact) mass is 402 g/mol. The van der Waals surface area contributed by atoms with E-state index in [1.165, 1.54) is 11.1 Å². The van der Waals surface area contributed by atoms with Gasteiger partial charge in [-0.3, -0.25) is 4.90 Å². The number of benzene rings is 2. The van der Waals surface area contributed by atoms with Gasteiger partial charge in [-0.2, -0.15) is 5.26 Å². The van der Waals surface area contributed by atoms with Gasteiger partial charge in [0.2, 0.25) is 0 Å². The first-order valence-electron chi connectivity index (χ1n) is 10.0. The zero-order chi connectivity index (χ0) is 21.3. The van der Waals surface area contributed by atoms with Crippen molar-refractivity contribution >= 4 is 16.6 Å². The predicted molar refractivity (Wildman–Crippen MR) is 118 cm³/mol. The first-order chi connectivity index (χ1) is 14.5. The molecule has 0 amide bonds. The number of rotatable bonds is 4. The number of likely N-dealkylation sites (N-methyl/N-ethyl adjacent to an activating group) is 1. The second-order valence-electron chi connectivity index (χ2n) is 7.71. The number of piperazine rings is 1. The molecule has 6 heteroatoms. The highest BCUT2D eigenvalue weighted by Gasteiger charge is 2.28. The van der Waals surface area contributed by atoms with Crippen LogP contribution in [0.1, 0.15) is 22.7 Å². The lowest BCUT2D eigenvalue weighted by Crippen LogP contribution is -2.47. The van der Waals surface area contributed by atoms with Crippen molar-refractivity contribution in [1.82, 2.24) is 9.88 Å². The number of fused-ring (bicyclic) bond motifs is 1. The normalized spacial score (nSPS) is 17.0. The lowest BCUT2D eigenvalue weighted by molar-refractivity contribution is 0.221. The quantitative estimate of drug-likeness (QED) is 0.659. The van der Waals surface area contributed by atoms with Crippen LogP contribution in [-0.2, 0) is 0 Å². The number of anilines is 1. The van der Waals surface area contributed by atoms with E-state index < -0.39 is 0 Å². The Labute approximate surface area is 177 Å². The van der Waals surface area contributed by atoms with Crippen LogP contribution in [0.15, 0.2) is 42.6 Å². The van der Waals surface area contributed by atoms with Gasteiger partial charge in [0, 0.05) is 36.6 Å². The van der Waals surface area contributed by atoms with Crippen LogP contribution in [0.2, 0.25) is 0 Å². The van der Waals surface area contributed by atoms with Crippen molar-refractivity contribution in [2.75, 3.05) is 45.8 Å². The molecule has 1 atom stereocenters.